The molecule has 0 saturated heterocycles. The maximum absolute atomic E-state index is 13.5. The van der Waals surface area contributed by atoms with Gasteiger partial charge in [0.15, 0.2) is 17.2 Å². The number of benzene rings is 3. The van der Waals surface area contributed by atoms with E-state index in [1.54, 1.807) is 24.3 Å². The Balaban J connectivity index is 1.61. The fourth-order valence-electron chi connectivity index (χ4n) is 3.18. The summed E-state index contributed by atoms with van der Waals surface area (Å²) in [6.45, 7) is 2.50. The van der Waals surface area contributed by atoms with E-state index >= 15 is 0 Å². The second-order valence-corrected chi connectivity index (χ2v) is 10.3. The maximum atomic E-state index is 13.5. The lowest BCUT2D eigenvalue weighted by Gasteiger charge is -2.15. The van der Waals surface area contributed by atoms with Crippen molar-refractivity contribution >= 4 is 79.1 Å². The molecule has 1 heterocycles. The summed E-state index contributed by atoms with van der Waals surface area (Å²) in [5.41, 5.74) is 2.32. The van der Waals surface area contributed by atoms with Crippen LogP contribution in [0.2, 0.25) is 0 Å². The van der Waals surface area contributed by atoms with Gasteiger partial charge in [-0.1, -0.05) is 12.1 Å². The van der Waals surface area contributed by atoms with Crippen LogP contribution in [0.5, 0.6) is 11.5 Å². The molecule has 0 N–H and O–H groups in total. The highest BCUT2D eigenvalue weighted by molar-refractivity contribution is 14.1. The molecular weight excluding hydrogens is 731 g/mol. The third kappa shape index (κ3) is 5.98. The Bertz CT molecular complexity index is 1330. The summed E-state index contributed by atoms with van der Waals surface area (Å²) in [7, 11) is 0. The molecule has 0 saturated carbocycles. The molecule has 3 aromatic carbocycles. The van der Waals surface area contributed by atoms with E-state index in [0.29, 0.717) is 34.8 Å². The molecule has 0 aromatic heterocycles. The van der Waals surface area contributed by atoms with E-state index in [1.807, 2.05) is 31.2 Å². The summed E-state index contributed by atoms with van der Waals surface area (Å²) in [6.07, 6.45) is 1.65. The minimum absolute atomic E-state index is 0.191. The topological polar surface area (TPSA) is 57.1 Å². The van der Waals surface area contributed by atoms with Crippen LogP contribution in [0.15, 0.2) is 69.8 Å². The number of cyclic esters (lactones) is 1. The highest BCUT2D eigenvalue weighted by Gasteiger charge is 2.25. The molecule has 0 atom stereocenters. The predicted molar refractivity (Wildman–Crippen MR) is 149 cm³/mol. The van der Waals surface area contributed by atoms with Gasteiger partial charge in [-0.15, -0.1) is 0 Å². The van der Waals surface area contributed by atoms with Crippen molar-refractivity contribution in [2.24, 2.45) is 4.99 Å². The van der Waals surface area contributed by atoms with Crippen LogP contribution in [-0.4, -0.2) is 18.5 Å². The van der Waals surface area contributed by atoms with Gasteiger partial charge in [0.25, 0.3) is 0 Å². The van der Waals surface area contributed by atoms with Gasteiger partial charge in [0.2, 0.25) is 5.90 Å². The van der Waals surface area contributed by atoms with Gasteiger partial charge in [-0.2, -0.15) is 0 Å². The van der Waals surface area contributed by atoms with Crippen molar-refractivity contribution in [1.82, 2.24) is 0 Å². The first kappa shape index (κ1) is 25.1. The highest BCUT2D eigenvalue weighted by Crippen LogP contribution is 2.36. The number of esters is 1. The molecule has 174 valence electrons. The van der Waals surface area contributed by atoms with Crippen molar-refractivity contribution in [2.45, 2.75) is 13.5 Å². The van der Waals surface area contributed by atoms with Gasteiger partial charge in [-0.05, 0) is 128 Å². The Hall–Kier alpha value is -1.99. The van der Waals surface area contributed by atoms with Crippen molar-refractivity contribution < 1.29 is 23.4 Å². The molecule has 0 unspecified atom stereocenters. The van der Waals surface area contributed by atoms with Crippen LogP contribution < -0.4 is 9.47 Å². The number of carbonyl (C=O) groups excluding carboxylic acids is 1. The second-order valence-electron chi connectivity index (χ2n) is 7.15. The Morgan fingerprint density at radius 3 is 2.65 bits per heavy atom. The number of carbonyl (C=O) groups is 1. The van der Waals surface area contributed by atoms with E-state index in [0.717, 1.165) is 11.6 Å². The molecule has 9 heteroatoms. The van der Waals surface area contributed by atoms with Crippen molar-refractivity contribution in [3.8, 4) is 11.5 Å². The number of nitrogens with zero attached hydrogens (tertiary/aromatic N) is 1. The van der Waals surface area contributed by atoms with Gasteiger partial charge in [0.05, 0.1) is 10.2 Å². The smallest absolute Gasteiger partial charge is 0.363 e. The fourth-order valence-corrected chi connectivity index (χ4v) is 4.67. The van der Waals surface area contributed by atoms with E-state index in [-0.39, 0.29) is 24.0 Å². The number of halogens is 4. The number of ether oxygens (including phenoxy) is 3. The summed E-state index contributed by atoms with van der Waals surface area (Å²) >= 11 is 7.84. The van der Waals surface area contributed by atoms with Crippen molar-refractivity contribution in [2.75, 3.05) is 6.61 Å². The van der Waals surface area contributed by atoms with Gasteiger partial charge in [0, 0.05) is 13.6 Å². The zero-order chi connectivity index (χ0) is 24.2. The Morgan fingerprint density at radius 1 is 1.09 bits per heavy atom. The number of hydrogen-bond donors (Lipinski definition) is 0. The maximum Gasteiger partial charge on any atom is 0.363 e. The molecule has 0 radical (unpaired) electrons. The molecule has 3 aromatic rings. The first-order chi connectivity index (χ1) is 16.3. The monoisotopic (exact) mass is 747 g/mol. The quantitative estimate of drug-likeness (QED) is 0.147. The normalized spacial score (nSPS) is 14.2. The van der Waals surface area contributed by atoms with E-state index in [9.17, 15) is 9.18 Å². The van der Waals surface area contributed by atoms with Crippen LogP contribution >= 0.6 is 61.1 Å². The van der Waals surface area contributed by atoms with E-state index in [4.69, 9.17) is 14.2 Å². The molecular formula is C25H17BrFI2NO4. The average molecular weight is 748 g/mol. The second kappa shape index (κ2) is 11.2. The molecule has 4 rings (SSSR count). The summed E-state index contributed by atoms with van der Waals surface area (Å²) in [4.78, 5) is 16.8. The fraction of sp³-hybridized carbons (Fsp3) is 0.120. The van der Waals surface area contributed by atoms with E-state index < -0.39 is 5.97 Å². The lowest BCUT2D eigenvalue weighted by molar-refractivity contribution is -0.129. The van der Waals surface area contributed by atoms with Crippen LogP contribution in [0.3, 0.4) is 0 Å². The first-order valence-corrected chi connectivity index (χ1v) is 13.1. The highest BCUT2D eigenvalue weighted by atomic mass is 127. The zero-order valence-corrected chi connectivity index (χ0v) is 23.7. The summed E-state index contributed by atoms with van der Waals surface area (Å²) in [5.74, 6) is 0.488. The van der Waals surface area contributed by atoms with Crippen LogP contribution in [0.4, 0.5) is 4.39 Å². The van der Waals surface area contributed by atoms with Crippen LogP contribution in [-0.2, 0) is 16.1 Å². The van der Waals surface area contributed by atoms with Crippen molar-refractivity contribution in [1.29, 1.82) is 0 Å². The van der Waals surface area contributed by atoms with Crippen molar-refractivity contribution in [3.05, 3.63) is 94.4 Å². The minimum atomic E-state index is -0.524. The average Bonchev–Trinajstić information content (AvgIpc) is 3.15. The van der Waals surface area contributed by atoms with Gasteiger partial charge in [-0.25, -0.2) is 14.2 Å². The number of aliphatic imine (C=N–C) groups is 1. The molecule has 34 heavy (non-hydrogen) atoms. The number of rotatable bonds is 7. The third-order valence-corrected chi connectivity index (χ3v) is 7.83. The predicted octanol–water partition coefficient (Wildman–Crippen LogP) is 7.12. The van der Waals surface area contributed by atoms with Gasteiger partial charge in [-0.3, -0.25) is 0 Å². The SMILES string of the molecule is CCOc1cc(/C=C2\N=C(c3ccc(I)c(Br)c3)OC2=O)cc(I)c1OCc1cccc(F)c1. The summed E-state index contributed by atoms with van der Waals surface area (Å²) < 4.78 is 33.3. The molecule has 0 amide bonds. The molecule has 0 spiro atoms. The lowest BCUT2D eigenvalue weighted by atomic mass is 10.1. The minimum Gasteiger partial charge on any atom is -0.490 e. The molecule has 0 fully saturated rings. The summed E-state index contributed by atoms with van der Waals surface area (Å²) in [6, 6.07) is 15.5. The molecule has 1 aliphatic heterocycles. The van der Waals surface area contributed by atoms with Crippen molar-refractivity contribution in [3.63, 3.8) is 0 Å². The molecule has 0 bridgehead atoms. The Morgan fingerprint density at radius 2 is 1.91 bits per heavy atom. The first-order valence-electron chi connectivity index (χ1n) is 10.2. The molecule has 0 aliphatic carbocycles. The number of hydrogen-bond acceptors (Lipinski definition) is 5. The van der Waals surface area contributed by atoms with Gasteiger partial charge >= 0.3 is 5.97 Å². The summed E-state index contributed by atoms with van der Waals surface area (Å²) in [5, 5.41) is 0. The standard InChI is InChI=1S/C25H17BrFI2NO4/c1-2-32-22-11-15(9-20(29)23(22)33-13-14-4-3-5-17(27)8-14)10-21-25(31)34-24(30-21)16-6-7-19(28)18(26)12-16/h3-12H,2,13H2,1H3/b21-10-. The van der Waals surface area contributed by atoms with Crippen LogP contribution in [0.1, 0.15) is 23.6 Å². The van der Waals surface area contributed by atoms with E-state index in [2.05, 4.69) is 66.1 Å². The molecule has 1 aliphatic rings. The van der Waals surface area contributed by atoms with Crippen LogP contribution in [0, 0.1) is 13.0 Å². The largest absolute Gasteiger partial charge is 0.490 e. The Labute approximate surface area is 231 Å². The van der Waals surface area contributed by atoms with E-state index in [1.165, 1.54) is 12.1 Å². The van der Waals surface area contributed by atoms with Gasteiger partial charge in [0.1, 0.15) is 12.4 Å². The lowest BCUT2D eigenvalue weighted by Crippen LogP contribution is -2.05. The van der Waals surface area contributed by atoms with Crippen LogP contribution in [0.25, 0.3) is 6.08 Å². The third-order valence-electron chi connectivity index (χ3n) is 4.69. The van der Waals surface area contributed by atoms with Gasteiger partial charge < -0.3 is 14.2 Å². The Kier molecular flexibility index (Phi) is 8.25. The zero-order valence-electron chi connectivity index (χ0n) is 17.8. The molecule has 5 nitrogen and oxygen atoms in total.